The van der Waals surface area contributed by atoms with Gasteiger partial charge in [-0.25, -0.2) is 9.78 Å². The minimum Gasteiger partial charge on any atom is -0.497 e. The molecule has 162 valence electrons. The van der Waals surface area contributed by atoms with Crippen molar-refractivity contribution in [2.24, 2.45) is 0 Å². The normalized spacial score (nSPS) is 16.3. The van der Waals surface area contributed by atoms with Crippen LogP contribution in [0.25, 0.3) is 0 Å². The number of urea groups is 1. The second-order valence-corrected chi connectivity index (χ2v) is 8.62. The first-order valence-corrected chi connectivity index (χ1v) is 11.2. The standard InChI is InChI=1S/C22H24ClN5O2S/c1-15-14-27(9-10-28(15)21(29)24-18-7-4-6-17(23)13-18)22-25-20(26-31-22)12-16-5-3-8-19(11-16)30-2/h3-8,11,13,15H,9-10,12,14H2,1-2H3,(H,24,29). The number of amides is 2. The highest BCUT2D eigenvalue weighted by Gasteiger charge is 2.29. The second-order valence-electron chi connectivity index (χ2n) is 7.45. The van der Waals surface area contributed by atoms with Crippen molar-refractivity contribution in [3.05, 3.63) is 64.9 Å². The van der Waals surface area contributed by atoms with E-state index in [-0.39, 0.29) is 12.1 Å². The van der Waals surface area contributed by atoms with Crippen LogP contribution in [0.1, 0.15) is 18.3 Å². The summed E-state index contributed by atoms with van der Waals surface area (Å²) in [6.07, 6.45) is 0.658. The van der Waals surface area contributed by atoms with E-state index < -0.39 is 0 Å². The van der Waals surface area contributed by atoms with Gasteiger partial charge in [0.2, 0.25) is 5.13 Å². The lowest BCUT2D eigenvalue weighted by Crippen LogP contribution is -2.55. The van der Waals surface area contributed by atoms with E-state index >= 15 is 0 Å². The minimum atomic E-state index is -0.120. The van der Waals surface area contributed by atoms with Gasteiger partial charge in [0.1, 0.15) is 11.6 Å². The third-order valence-corrected chi connectivity index (χ3v) is 6.24. The van der Waals surface area contributed by atoms with Crippen LogP contribution in [0.15, 0.2) is 48.5 Å². The second kappa shape index (κ2) is 9.53. The van der Waals surface area contributed by atoms with E-state index in [1.807, 2.05) is 48.2 Å². The summed E-state index contributed by atoms with van der Waals surface area (Å²) in [5, 5.41) is 4.41. The molecule has 1 fully saturated rings. The molecule has 2 amide bonds. The zero-order valence-corrected chi connectivity index (χ0v) is 19.0. The van der Waals surface area contributed by atoms with Crippen LogP contribution in [-0.4, -0.2) is 53.1 Å². The van der Waals surface area contributed by atoms with Crippen molar-refractivity contribution in [1.29, 1.82) is 0 Å². The molecule has 9 heteroatoms. The average molecular weight is 458 g/mol. The quantitative estimate of drug-likeness (QED) is 0.609. The fourth-order valence-electron chi connectivity index (χ4n) is 3.60. The SMILES string of the molecule is COc1cccc(Cc2nsc(N3CCN(C(=O)Nc4cccc(Cl)c4)C(C)C3)n2)c1. The Labute approximate surface area is 190 Å². The molecule has 31 heavy (non-hydrogen) atoms. The van der Waals surface area contributed by atoms with Crippen molar-refractivity contribution in [3.8, 4) is 5.75 Å². The van der Waals surface area contributed by atoms with Gasteiger partial charge in [0.05, 0.1) is 7.11 Å². The molecule has 0 radical (unpaired) electrons. The smallest absolute Gasteiger partial charge is 0.322 e. The number of hydrogen-bond donors (Lipinski definition) is 1. The Kier molecular flexibility index (Phi) is 6.58. The maximum atomic E-state index is 12.7. The van der Waals surface area contributed by atoms with E-state index in [1.54, 1.807) is 19.2 Å². The number of ether oxygens (including phenoxy) is 1. The summed E-state index contributed by atoms with van der Waals surface area (Å²) < 4.78 is 9.82. The van der Waals surface area contributed by atoms with Crippen LogP contribution in [0.5, 0.6) is 5.75 Å². The first-order chi connectivity index (χ1) is 15.0. The molecule has 1 N–H and O–H groups in total. The van der Waals surface area contributed by atoms with Crippen LogP contribution >= 0.6 is 23.1 Å². The number of carbonyl (C=O) groups excluding carboxylic acids is 1. The molecule has 0 bridgehead atoms. The summed E-state index contributed by atoms with van der Waals surface area (Å²) >= 11 is 7.41. The number of nitrogens with one attached hydrogen (secondary N) is 1. The van der Waals surface area contributed by atoms with Crippen molar-refractivity contribution in [2.75, 3.05) is 37.0 Å². The molecule has 3 aromatic rings. The summed E-state index contributed by atoms with van der Waals surface area (Å²) in [5.74, 6) is 1.62. The first-order valence-electron chi connectivity index (χ1n) is 10.1. The Morgan fingerprint density at radius 2 is 2.10 bits per heavy atom. The third kappa shape index (κ3) is 5.26. The van der Waals surface area contributed by atoms with Crippen LogP contribution in [-0.2, 0) is 6.42 Å². The zero-order chi connectivity index (χ0) is 21.8. The molecule has 1 aliphatic rings. The van der Waals surface area contributed by atoms with Crippen LogP contribution in [0, 0.1) is 0 Å². The Balaban J connectivity index is 1.36. The van der Waals surface area contributed by atoms with Crippen molar-refractivity contribution < 1.29 is 9.53 Å². The van der Waals surface area contributed by atoms with Crippen molar-refractivity contribution in [3.63, 3.8) is 0 Å². The predicted octanol–water partition coefficient (Wildman–Crippen LogP) is 4.53. The van der Waals surface area contributed by atoms with Gasteiger partial charge in [-0.3, -0.25) is 0 Å². The topological polar surface area (TPSA) is 70.6 Å². The number of hydrogen-bond acceptors (Lipinski definition) is 6. The van der Waals surface area contributed by atoms with Gasteiger partial charge >= 0.3 is 6.03 Å². The fraction of sp³-hybridized carbons (Fsp3) is 0.318. The molecule has 4 rings (SSSR count). The summed E-state index contributed by atoms with van der Waals surface area (Å²) in [4.78, 5) is 21.5. The lowest BCUT2D eigenvalue weighted by atomic mass is 10.1. The highest BCUT2D eigenvalue weighted by Crippen LogP contribution is 2.24. The maximum absolute atomic E-state index is 12.7. The molecule has 1 aliphatic heterocycles. The molecule has 0 spiro atoms. The number of benzene rings is 2. The Bertz CT molecular complexity index is 1060. The Morgan fingerprint density at radius 3 is 2.87 bits per heavy atom. The molecular formula is C22H24ClN5O2S. The summed E-state index contributed by atoms with van der Waals surface area (Å²) in [5.41, 5.74) is 1.80. The first kappa shape index (κ1) is 21.4. The van der Waals surface area contributed by atoms with E-state index in [1.165, 1.54) is 11.5 Å². The number of methoxy groups -OCH3 is 1. The van der Waals surface area contributed by atoms with Crippen molar-refractivity contribution >= 4 is 40.0 Å². The molecule has 0 saturated carbocycles. The molecular weight excluding hydrogens is 434 g/mol. The van der Waals surface area contributed by atoms with E-state index in [9.17, 15) is 4.79 Å². The van der Waals surface area contributed by atoms with Gasteiger partial charge in [0, 0.05) is 54.3 Å². The van der Waals surface area contributed by atoms with Crippen molar-refractivity contribution in [2.45, 2.75) is 19.4 Å². The molecule has 2 aromatic carbocycles. The Hall–Kier alpha value is -2.84. The molecule has 2 heterocycles. The highest BCUT2D eigenvalue weighted by molar-refractivity contribution is 7.09. The number of nitrogens with zero attached hydrogens (tertiary/aromatic N) is 4. The summed E-state index contributed by atoms with van der Waals surface area (Å²) in [7, 11) is 1.66. The van der Waals surface area contributed by atoms with E-state index in [4.69, 9.17) is 21.3 Å². The third-order valence-electron chi connectivity index (χ3n) is 5.19. The summed E-state index contributed by atoms with van der Waals surface area (Å²) in [6.45, 7) is 4.07. The van der Waals surface area contributed by atoms with Crippen molar-refractivity contribution in [1.82, 2.24) is 14.3 Å². The van der Waals surface area contributed by atoms with E-state index in [2.05, 4.69) is 14.6 Å². The number of anilines is 2. The highest BCUT2D eigenvalue weighted by atomic mass is 35.5. The number of piperazine rings is 1. The van der Waals surface area contributed by atoms with Gasteiger partial charge in [-0.2, -0.15) is 4.37 Å². The molecule has 1 aromatic heterocycles. The fourth-order valence-corrected chi connectivity index (χ4v) is 4.51. The van der Waals surface area contributed by atoms with E-state index in [0.717, 1.165) is 22.3 Å². The largest absolute Gasteiger partial charge is 0.497 e. The van der Waals surface area contributed by atoms with Gasteiger partial charge < -0.3 is 19.9 Å². The molecule has 1 unspecified atom stereocenters. The predicted molar refractivity (Wildman–Crippen MR) is 125 cm³/mol. The molecule has 1 atom stereocenters. The van der Waals surface area contributed by atoms with Gasteiger partial charge in [-0.15, -0.1) is 0 Å². The van der Waals surface area contributed by atoms with Crippen LogP contribution < -0.4 is 15.0 Å². The minimum absolute atomic E-state index is 0.0404. The molecule has 0 aliphatic carbocycles. The molecule has 1 saturated heterocycles. The monoisotopic (exact) mass is 457 g/mol. The number of halogens is 1. The summed E-state index contributed by atoms with van der Waals surface area (Å²) in [6, 6.07) is 15.0. The van der Waals surface area contributed by atoms with Crippen LogP contribution in [0.2, 0.25) is 5.02 Å². The van der Waals surface area contributed by atoms with Crippen LogP contribution in [0.3, 0.4) is 0 Å². The average Bonchev–Trinajstić information content (AvgIpc) is 3.22. The van der Waals surface area contributed by atoms with E-state index in [0.29, 0.717) is 36.8 Å². The number of rotatable bonds is 5. The Morgan fingerprint density at radius 1 is 1.26 bits per heavy atom. The molecule has 7 nitrogen and oxygen atoms in total. The maximum Gasteiger partial charge on any atom is 0.322 e. The number of carbonyl (C=O) groups is 1. The zero-order valence-electron chi connectivity index (χ0n) is 17.4. The van der Waals surface area contributed by atoms with Gasteiger partial charge in [-0.1, -0.05) is 29.8 Å². The lowest BCUT2D eigenvalue weighted by Gasteiger charge is -2.39. The lowest BCUT2D eigenvalue weighted by molar-refractivity contribution is 0.185. The van der Waals surface area contributed by atoms with Gasteiger partial charge in [-0.05, 0) is 42.8 Å². The van der Waals surface area contributed by atoms with Crippen LogP contribution in [0.4, 0.5) is 15.6 Å². The van der Waals surface area contributed by atoms with Gasteiger partial charge in [0.15, 0.2) is 0 Å². The van der Waals surface area contributed by atoms with Gasteiger partial charge in [0.25, 0.3) is 0 Å². The number of aromatic nitrogens is 2.